The summed E-state index contributed by atoms with van der Waals surface area (Å²) in [6.07, 6.45) is 3.83. The fourth-order valence-electron chi connectivity index (χ4n) is 5.16. The molecule has 0 bridgehead atoms. The number of amides is 3. The molecule has 4 N–H and O–H groups in total. The first kappa shape index (κ1) is 35.8. The Morgan fingerprint density at radius 1 is 0.804 bits per heavy atom. The van der Waals surface area contributed by atoms with E-state index in [9.17, 15) is 19.2 Å². The van der Waals surface area contributed by atoms with Crippen molar-refractivity contribution in [3.8, 4) is 0 Å². The summed E-state index contributed by atoms with van der Waals surface area (Å²) < 4.78 is 12.0. The molecule has 2 aromatic carbocycles. The van der Waals surface area contributed by atoms with Crippen molar-refractivity contribution in [1.29, 1.82) is 0 Å². The molecule has 1 aromatic heterocycles. The first-order valence-electron chi connectivity index (χ1n) is 15.8. The van der Waals surface area contributed by atoms with E-state index in [1.165, 1.54) is 17.1 Å². The van der Waals surface area contributed by atoms with Gasteiger partial charge in [-0.25, -0.2) is 19.1 Å². The Kier molecular flexibility index (Phi) is 14.3. The van der Waals surface area contributed by atoms with Crippen LogP contribution in [0, 0.1) is 17.8 Å². The molecule has 3 rings (SSSR count). The summed E-state index contributed by atoms with van der Waals surface area (Å²) >= 11 is 0. The fourth-order valence-corrected chi connectivity index (χ4v) is 5.16. The standard InChI is InChI=1S/C35H47N5O6/c1-24(2)17-28(32(36)41)15-16-29(18-25(3)4)38-33(42)31(39-34(43)45-21-26-11-7-5-8-12-26)19-30-20-40(23-37-30)35(44)46-22-27-13-9-6-10-14-27/h5-14,20,23-25,28-29,31H,15-19,21-22H2,1-4H3,(H2,36,41)(H,38,42)(H,39,43)/t28-,29+,31-/m0/s1. The van der Waals surface area contributed by atoms with Gasteiger partial charge in [0, 0.05) is 24.6 Å². The van der Waals surface area contributed by atoms with Gasteiger partial charge in [0.15, 0.2) is 0 Å². The Bertz CT molecular complexity index is 1390. The molecule has 46 heavy (non-hydrogen) atoms. The molecule has 0 fully saturated rings. The Labute approximate surface area is 271 Å². The van der Waals surface area contributed by atoms with Crippen molar-refractivity contribution in [2.24, 2.45) is 23.5 Å². The highest BCUT2D eigenvalue weighted by Crippen LogP contribution is 2.20. The fraction of sp³-hybridized carbons (Fsp3) is 0.457. The first-order chi connectivity index (χ1) is 22.0. The van der Waals surface area contributed by atoms with Crippen molar-refractivity contribution < 1.29 is 28.7 Å². The van der Waals surface area contributed by atoms with Gasteiger partial charge in [0.05, 0.1) is 5.69 Å². The average Bonchev–Trinajstić information content (AvgIpc) is 3.49. The van der Waals surface area contributed by atoms with Crippen LogP contribution >= 0.6 is 0 Å². The number of benzene rings is 2. The third-order valence-corrected chi connectivity index (χ3v) is 7.41. The van der Waals surface area contributed by atoms with Gasteiger partial charge >= 0.3 is 12.2 Å². The van der Waals surface area contributed by atoms with Gasteiger partial charge in [0.2, 0.25) is 11.8 Å². The van der Waals surface area contributed by atoms with Crippen LogP contribution in [-0.2, 0) is 38.7 Å². The molecule has 0 saturated heterocycles. The Hall–Kier alpha value is -4.67. The van der Waals surface area contributed by atoms with Gasteiger partial charge in [0.25, 0.3) is 0 Å². The number of aromatic nitrogens is 2. The molecular weight excluding hydrogens is 586 g/mol. The number of hydrogen-bond acceptors (Lipinski definition) is 7. The van der Waals surface area contributed by atoms with E-state index in [2.05, 4.69) is 29.5 Å². The maximum Gasteiger partial charge on any atom is 0.419 e. The first-order valence-corrected chi connectivity index (χ1v) is 15.8. The van der Waals surface area contributed by atoms with Crippen LogP contribution in [0.25, 0.3) is 0 Å². The monoisotopic (exact) mass is 633 g/mol. The quantitative estimate of drug-likeness (QED) is 0.181. The van der Waals surface area contributed by atoms with Crippen molar-refractivity contribution in [2.75, 3.05) is 0 Å². The summed E-state index contributed by atoms with van der Waals surface area (Å²) in [6.45, 7) is 8.32. The molecule has 3 atom stereocenters. The maximum absolute atomic E-state index is 13.7. The number of hydrogen-bond donors (Lipinski definition) is 3. The van der Waals surface area contributed by atoms with Crippen LogP contribution in [0.1, 0.15) is 70.2 Å². The lowest BCUT2D eigenvalue weighted by Gasteiger charge is -2.26. The zero-order valence-corrected chi connectivity index (χ0v) is 27.2. The summed E-state index contributed by atoms with van der Waals surface area (Å²) in [6, 6.07) is 17.2. The highest BCUT2D eigenvalue weighted by atomic mass is 16.6. The second-order valence-electron chi connectivity index (χ2n) is 12.4. The molecule has 0 aliphatic carbocycles. The number of nitrogens with one attached hydrogen (secondary N) is 2. The van der Waals surface area contributed by atoms with Gasteiger partial charge in [-0.1, -0.05) is 88.4 Å². The summed E-state index contributed by atoms with van der Waals surface area (Å²) in [5, 5.41) is 5.75. The molecule has 0 radical (unpaired) electrons. The van der Waals surface area contributed by atoms with E-state index in [0.717, 1.165) is 11.1 Å². The van der Waals surface area contributed by atoms with Gasteiger partial charge in [0.1, 0.15) is 25.6 Å². The molecule has 0 aliphatic heterocycles. The molecule has 1 heterocycles. The van der Waals surface area contributed by atoms with E-state index in [1.54, 1.807) is 0 Å². The summed E-state index contributed by atoms with van der Waals surface area (Å²) in [5.74, 6) is -0.493. The summed E-state index contributed by atoms with van der Waals surface area (Å²) in [7, 11) is 0. The van der Waals surface area contributed by atoms with E-state index in [1.807, 2.05) is 74.5 Å². The normalized spacial score (nSPS) is 13.1. The Morgan fingerprint density at radius 3 is 1.96 bits per heavy atom. The number of primary amides is 1. The third-order valence-electron chi connectivity index (χ3n) is 7.41. The lowest BCUT2D eigenvalue weighted by Crippen LogP contribution is -2.51. The smallest absolute Gasteiger partial charge is 0.419 e. The number of carbonyl (C=O) groups is 4. The molecule has 0 saturated carbocycles. The van der Waals surface area contributed by atoms with E-state index >= 15 is 0 Å². The van der Waals surface area contributed by atoms with Crippen LogP contribution in [0.3, 0.4) is 0 Å². The van der Waals surface area contributed by atoms with Crippen molar-refractivity contribution in [3.05, 3.63) is 90.0 Å². The zero-order valence-electron chi connectivity index (χ0n) is 27.2. The molecule has 0 spiro atoms. The predicted molar refractivity (Wildman–Crippen MR) is 174 cm³/mol. The predicted octanol–water partition coefficient (Wildman–Crippen LogP) is 5.36. The van der Waals surface area contributed by atoms with Crippen LogP contribution in [0.15, 0.2) is 73.2 Å². The van der Waals surface area contributed by atoms with Crippen LogP contribution in [0.2, 0.25) is 0 Å². The molecule has 3 amide bonds. The second kappa shape index (κ2) is 18.3. The number of ether oxygens (including phenoxy) is 2. The largest absolute Gasteiger partial charge is 0.445 e. The van der Waals surface area contributed by atoms with Crippen LogP contribution in [0.4, 0.5) is 9.59 Å². The number of carbonyl (C=O) groups excluding carboxylic acids is 4. The van der Waals surface area contributed by atoms with Crippen molar-refractivity contribution in [3.63, 3.8) is 0 Å². The van der Waals surface area contributed by atoms with Crippen LogP contribution < -0.4 is 16.4 Å². The topological polar surface area (TPSA) is 155 Å². The number of imidazole rings is 1. The Morgan fingerprint density at radius 2 is 1.39 bits per heavy atom. The van der Waals surface area contributed by atoms with Gasteiger partial charge in [-0.15, -0.1) is 0 Å². The van der Waals surface area contributed by atoms with E-state index < -0.39 is 24.1 Å². The minimum atomic E-state index is -1.05. The average molecular weight is 634 g/mol. The lowest BCUT2D eigenvalue weighted by molar-refractivity contribution is -0.124. The second-order valence-corrected chi connectivity index (χ2v) is 12.4. The highest BCUT2D eigenvalue weighted by Gasteiger charge is 2.27. The van der Waals surface area contributed by atoms with E-state index in [0.29, 0.717) is 37.3 Å². The summed E-state index contributed by atoms with van der Waals surface area (Å²) in [4.78, 5) is 55.6. The molecule has 11 heteroatoms. The molecule has 0 unspecified atom stereocenters. The zero-order chi connectivity index (χ0) is 33.5. The van der Waals surface area contributed by atoms with Crippen molar-refractivity contribution >= 4 is 24.0 Å². The maximum atomic E-state index is 13.7. The van der Waals surface area contributed by atoms with Crippen molar-refractivity contribution in [2.45, 2.75) is 85.1 Å². The van der Waals surface area contributed by atoms with Crippen molar-refractivity contribution in [1.82, 2.24) is 20.2 Å². The third kappa shape index (κ3) is 12.7. The minimum Gasteiger partial charge on any atom is -0.445 e. The van der Waals surface area contributed by atoms with E-state index in [-0.39, 0.29) is 43.4 Å². The SMILES string of the molecule is CC(C)C[C@@H](CC[C@@H](CC(C)C)C(N)=O)NC(=O)[C@H](Cc1cn(C(=O)OCc2ccccc2)cn1)NC(=O)OCc1ccccc1. The molecule has 11 nitrogen and oxygen atoms in total. The summed E-state index contributed by atoms with van der Waals surface area (Å²) in [5.41, 5.74) is 7.71. The molecule has 0 aliphatic rings. The van der Waals surface area contributed by atoms with Gasteiger partial charge in [-0.05, 0) is 48.6 Å². The lowest BCUT2D eigenvalue weighted by atomic mass is 9.89. The molecular formula is C35H47N5O6. The van der Waals surface area contributed by atoms with Gasteiger partial charge in [-0.2, -0.15) is 0 Å². The van der Waals surface area contributed by atoms with Crippen LogP contribution in [-0.4, -0.2) is 45.6 Å². The number of alkyl carbamates (subject to hydrolysis) is 1. The van der Waals surface area contributed by atoms with Gasteiger partial charge < -0.3 is 25.8 Å². The minimum absolute atomic E-state index is 0.00308. The number of rotatable bonds is 17. The number of nitrogens with zero attached hydrogens (tertiary/aromatic N) is 2. The Balaban J connectivity index is 1.71. The molecule has 248 valence electrons. The highest BCUT2D eigenvalue weighted by molar-refractivity contribution is 5.86. The van der Waals surface area contributed by atoms with Gasteiger partial charge in [-0.3, -0.25) is 9.59 Å². The van der Waals surface area contributed by atoms with Crippen LogP contribution in [0.5, 0.6) is 0 Å². The van der Waals surface area contributed by atoms with E-state index in [4.69, 9.17) is 15.2 Å². The number of nitrogens with two attached hydrogens (primary N) is 1. The molecule has 3 aromatic rings.